The number of hydrogen-bond acceptors (Lipinski definition) is 2. The van der Waals surface area contributed by atoms with Gasteiger partial charge in [-0.15, -0.1) is 0 Å². The lowest BCUT2D eigenvalue weighted by molar-refractivity contribution is -0.119. The minimum absolute atomic E-state index is 0.0439. The number of anilines is 1. The van der Waals surface area contributed by atoms with Crippen molar-refractivity contribution in [3.8, 4) is 0 Å². The van der Waals surface area contributed by atoms with Gasteiger partial charge in [0.1, 0.15) is 5.82 Å². The van der Waals surface area contributed by atoms with Crippen molar-refractivity contribution in [3.63, 3.8) is 0 Å². The van der Waals surface area contributed by atoms with E-state index in [0.717, 1.165) is 40.1 Å². The Morgan fingerprint density at radius 3 is 2.85 bits per heavy atom. The van der Waals surface area contributed by atoms with Crippen LogP contribution in [0.3, 0.4) is 0 Å². The van der Waals surface area contributed by atoms with Crippen LogP contribution in [0.4, 0.5) is 5.69 Å². The molecule has 1 amide bonds. The lowest BCUT2D eigenvalue weighted by Crippen LogP contribution is -2.26. The molecule has 0 radical (unpaired) electrons. The zero-order chi connectivity index (χ0) is 14.5. The summed E-state index contributed by atoms with van der Waals surface area (Å²) in [4.78, 5) is 19.9. The zero-order valence-electron chi connectivity index (χ0n) is 12.3. The molecule has 20 heavy (non-hydrogen) atoms. The number of fused-ring (bicyclic) bond motifs is 2. The fourth-order valence-electron chi connectivity index (χ4n) is 2.67. The maximum Gasteiger partial charge on any atom is 0.234 e. The normalized spacial score (nSPS) is 17.4. The first-order valence-electron chi connectivity index (χ1n) is 6.96. The van der Waals surface area contributed by atoms with E-state index in [9.17, 15) is 4.79 Å². The van der Waals surface area contributed by atoms with E-state index in [1.807, 2.05) is 26.0 Å². The lowest BCUT2D eigenvalue weighted by atomic mass is 9.86. The number of imidazole rings is 1. The van der Waals surface area contributed by atoms with Crippen molar-refractivity contribution < 1.29 is 4.79 Å². The minimum atomic E-state index is -0.489. The highest BCUT2D eigenvalue weighted by Gasteiger charge is 2.38. The Labute approximate surface area is 118 Å². The average Bonchev–Trinajstić information content (AvgIpc) is 2.88. The maximum absolute atomic E-state index is 12.0. The number of H-pyrrole nitrogens is 1. The van der Waals surface area contributed by atoms with Crippen molar-refractivity contribution in [3.05, 3.63) is 29.6 Å². The summed E-state index contributed by atoms with van der Waals surface area (Å²) >= 11 is 0. The lowest BCUT2D eigenvalue weighted by Gasteiger charge is -2.14. The maximum atomic E-state index is 12.0. The Hall–Kier alpha value is -2.10. The molecule has 4 nitrogen and oxygen atoms in total. The van der Waals surface area contributed by atoms with Gasteiger partial charge in [-0.2, -0.15) is 0 Å². The van der Waals surface area contributed by atoms with Crippen LogP contribution in [0.25, 0.3) is 16.6 Å². The highest BCUT2D eigenvalue weighted by atomic mass is 16.2. The van der Waals surface area contributed by atoms with Crippen LogP contribution in [0.2, 0.25) is 0 Å². The van der Waals surface area contributed by atoms with Crippen molar-refractivity contribution in [2.24, 2.45) is 0 Å². The van der Waals surface area contributed by atoms with Gasteiger partial charge in [0.15, 0.2) is 0 Å². The number of amides is 1. The first-order chi connectivity index (χ1) is 9.43. The van der Waals surface area contributed by atoms with Gasteiger partial charge in [-0.3, -0.25) is 4.79 Å². The Morgan fingerprint density at radius 2 is 2.15 bits per heavy atom. The number of benzene rings is 1. The largest absolute Gasteiger partial charge is 0.338 e. The van der Waals surface area contributed by atoms with Gasteiger partial charge >= 0.3 is 0 Å². The van der Waals surface area contributed by atoms with Gasteiger partial charge in [-0.1, -0.05) is 13.0 Å². The van der Waals surface area contributed by atoms with E-state index in [4.69, 9.17) is 0 Å². The fourth-order valence-corrected chi connectivity index (χ4v) is 2.67. The Kier molecular flexibility index (Phi) is 2.71. The summed E-state index contributed by atoms with van der Waals surface area (Å²) in [5.74, 6) is 0.942. The topological polar surface area (TPSA) is 57.8 Å². The summed E-state index contributed by atoms with van der Waals surface area (Å²) in [5.41, 5.74) is 4.43. The number of carbonyl (C=O) groups is 1. The first-order valence-corrected chi connectivity index (χ1v) is 6.96. The number of aromatic nitrogens is 2. The van der Waals surface area contributed by atoms with Crippen molar-refractivity contribution in [1.29, 1.82) is 0 Å². The van der Waals surface area contributed by atoms with Crippen LogP contribution in [-0.2, 0) is 10.2 Å². The molecule has 0 unspecified atom stereocenters. The highest BCUT2D eigenvalue weighted by molar-refractivity contribution is 6.07. The van der Waals surface area contributed by atoms with Gasteiger partial charge in [0.2, 0.25) is 5.91 Å². The van der Waals surface area contributed by atoms with E-state index in [1.54, 1.807) is 0 Å². The van der Waals surface area contributed by atoms with Crippen molar-refractivity contribution in [1.82, 2.24) is 9.97 Å². The molecule has 0 saturated heterocycles. The van der Waals surface area contributed by atoms with Gasteiger partial charge in [0.25, 0.3) is 0 Å². The number of hydrogen-bond donors (Lipinski definition) is 2. The molecule has 1 aromatic carbocycles. The van der Waals surface area contributed by atoms with Crippen molar-refractivity contribution >= 4 is 28.2 Å². The molecule has 0 fully saturated rings. The van der Waals surface area contributed by atoms with Crippen LogP contribution >= 0.6 is 0 Å². The van der Waals surface area contributed by atoms with Gasteiger partial charge < -0.3 is 10.3 Å². The number of nitrogens with one attached hydrogen (secondary N) is 2. The molecular formula is C16H19N3O. The first kappa shape index (κ1) is 12.9. The summed E-state index contributed by atoms with van der Waals surface area (Å²) in [6.45, 7) is 8.05. The summed E-state index contributed by atoms with van der Waals surface area (Å²) in [6.07, 6.45) is 3.14. The SMILES string of the molecule is CC/C=C(\C)c1nc2cc3c(cc2[nH]1)NC(=O)C3(C)C. The van der Waals surface area contributed by atoms with E-state index in [1.165, 1.54) is 0 Å². The van der Waals surface area contributed by atoms with E-state index in [-0.39, 0.29) is 5.91 Å². The van der Waals surface area contributed by atoms with Gasteiger partial charge in [-0.25, -0.2) is 4.98 Å². The molecule has 0 spiro atoms. The van der Waals surface area contributed by atoms with Crippen LogP contribution in [0.15, 0.2) is 18.2 Å². The number of nitrogens with zero attached hydrogens (tertiary/aromatic N) is 1. The fraction of sp³-hybridized carbons (Fsp3) is 0.375. The molecule has 2 N–H and O–H groups in total. The summed E-state index contributed by atoms with van der Waals surface area (Å²) < 4.78 is 0. The Morgan fingerprint density at radius 1 is 1.40 bits per heavy atom. The molecule has 3 rings (SSSR count). The number of aromatic amines is 1. The average molecular weight is 269 g/mol. The quantitative estimate of drug-likeness (QED) is 0.875. The molecular weight excluding hydrogens is 250 g/mol. The molecule has 2 aromatic rings. The summed E-state index contributed by atoms with van der Waals surface area (Å²) in [6, 6.07) is 3.99. The minimum Gasteiger partial charge on any atom is -0.338 e. The third kappa shape index (κ3) is 1.75. The molecule has 0 aliphatic carbocycles. The second-order valence-corrected chi connectivity index (χ2v) is 5.87. The van der Waals surface area contributed by atoms with E-state index >= 15 is 0 Å². The van der Waals surface area contributed by atoms with E-state index < -0.39 is 5.41 Å². The Balaban J connectivity index is 2.16. The molecule has 104 valence electrons. The van der Waals surface area contributed by atoms with Gasteiger partial charge in [-0.05, 0) is 50.5 Å². The van der Waals surface area contributed by atoms with Gasteiger partial charge in [0.05, 0.1) is 16.4 Å². The smallest absolute Gasteiger partial charge is 0.234 e. The second kappa shape index (κ2) is 4.20. The summed E-state index contributed by atoms with van der Waals surface area (Å²) in [7, 11) is 0. The van der Waals surface area contributed by atoms with E-state index in [2.05, 4.69) is 35.2 Å². The molecule has 1 aliphatic rings. The molecule has 2 heterocycles. The molecule has 4 heteroatoms. The third-order valence-electron chi connectivity index (χ3n) is 3.99. The third-order valence-corrected chi connectivity index (χ3v) is 3.99. The molecule has 1 aromatic heterocycles. The predicted octanol–water partition coefficient (Wildman–Crippen LogP) is 3.61. The molecule has 0 atom stereocenters. The van der Waals surface area contributed by atoms with Crippen LogP contribution < -0.4 is 5.32 Å². The monoisotopic (exact) mass is 269 g/mol. The molecule has 1 aliphatic heterocycles. The molecule has 0 bridgehead atoms. The number of allylic oxidation sites excluding steroid dienone is 2. The zero-order valence-corrected chi connectivity index (χ0v) is 12.3. The number of rotatable bonds is 2. The summed E-state index contributed by atoms with van der Waals surface area (Å²) in [5, 5.41) is 2.94. The van der Waals surface area contributed by atoms with E-state index in [0.29, 0.717) is 0 Å². The van der Waals surface area contributed by atoms with Crippen molar-refractivity contribution in [2.45, 2.75) is 39.5 Å². The van der Waals surface area contributed by atoms with Crippen LogP contribution in [-0.4, -0.2) is 15.9 Å². The standard InChI is InChI=1S/C16H19N3O/c1-5-6-9(2)14-17-12-7-10-11(8-13(12)18-14)19-15(20)16(10,3)4/h6-8H,5H2,1-4H3,(H,17,18)(H,19,20)/b9-6+. The molecule has 0 saturated carbocycles. The van der Waals surface area contributed by atoms with Crippen LogP contribution in [0.1, 0.15) is 45.5 Å². The second-order valence-electron chi connectivity index (χ2n) is 5.87. The predicted molar refractivity (Wildman–Crippen MR) is 81.7 cm³/mol. The highest BCUT2D eigenvalue weighted by Crippen LogP contribution is 2.39. The van der Waals surface area contributed by atoms with Gasteiger partial charge in [0, 0.05) is 5.69 Å². The Bertz CT molecular complexity index is 738. The number of carbonyl (C=O) groups excluding carboxylic acids is 1. The van der Waals surface area contributed by atoms with Crippen LogP contribution in [0.5, 0.6) is 0 Å². The van der Waals surface area contributed by atoms with Crippen LogP contribution in [0, 0.1) is 0 Å². The van der Waals surface area contributed by atoms with Crippen molar-refractivity contribution in [2.75, 3.05) is 5.32 Å².